The number of imidazole rings is 1. The summed E-state index contributed by atoms with van der Waals surface area (Å²) in [5.41, 5.74) is 1.13. The monoisotopic (exact) mass is 376 g/mol. The summed E-state index contributed by atoms with van der Waals surface area (Å²) in [7, 11) is 3.08. The molecule has 0 bridgehead atoms. The maximum atomic E-state index is 12.6. The number of nitrogens with zero attached hydrogens (tertiary/aromatic N) is 4. The van der Waals surface area contributed by atoms with Crippen LogP contribution < -0.4 is 11.2 Å². The zero-order valence-electron chi connectivity index (χ0n) is 13.9. The van der Waals surface area contributed by atoms with Crippen LogP contribution >= 0.6 is 23.4 Å². The molecule has 25 heavy (non-hydrogen) atoms. The van der Waals surface area contributed by atoms with Crippen LogP contribution in [0.25, 0.3) is 11.2 Å². The van der Waals surface area contributed by atoms with E-state index in [1.807, 2.05) is 24.3 Å². The summed E-state index contributed by atoms with van der Waals surface area (Å²) in [4.78, 5) is 29.2. The zero-order chi connectivity index (χ0) is 18.1. The summed E-state index contributed by atoms with van der Waals surface area (Å²) in [6, 6.07) is 7.57. The first-order valence-corrected chi connectivity index (χ1v) is 8.94. The molecule has 2 heterocycles. The fourth-order valence-corrected chi connectivity index (χ4v) is 3.65. The molecule has 3 rings (SSSR count). The Morgan fingerprint density at radius 3 is 2.52 bits per heavy atom. The van der Waals surface area contributed by atoms with Gasteiger partial charge < -0.3 is 4.57 Å². The number of halogens is 1. The summed E-state index contributed by atoms with van der Waals surface area (Å²) in [6.07, 6.45) is 1.71. The van der Waals surface area contributed by atoms with E-state index in [1.54, 1.807) is 17.7 Å². The van der Waals surface area contributed by atoms with Crippen LogP contribution in [0.1, 0.15) is 5.56 Å². The third kappa shape index (κ3) is 3.17. The summed E-state index contributed by atoms with van der Waals surface area (Å²) in [5, 5.41) is 1.36. The second-order valence-electron chi connectivity index (χ2n) is 5.59. The Bertz CT molecular complexity index is 1060. The number of fused-ring (bicyclic) bond motifs is 1. The molecule has 130 valence electrons. The molecule has 6 nitrogen and oxygen atoms in total. The highest BCUT2D eigenvalue weighted by molar-refractivity contribution is 7.98. The Morgan fingerprint density at radius 2 is 1.88 bits per heavy atom. The molecule has 0 saturated heterocycles. The van der Waals surface area contributed by atoms with Gasteiger partial charge in [-0.1, -0.05) is 41.6 Å². The number of aromatic nitrogens is 4. The van der Waals surface area contributed by atoms with Crippen LogP contribution in [0.2, 0.25) is 5.02 Å². The van der Waals surface area contributed by atoms with Gasteiger partial charge in [-0.05, 0) is 17.7 Å². The first-order chi connectivity index (χ1) is 11.9. The number of hydrogen-bond acceptors (Lipinski definition) is 4. The highest BCUT2D eigenvalue weighted by Crippen LogP contribution is 2.25. The minimum Gasteiger partial charge on any atom is -0.309 e. The predicted molar refractivity (Wildman–Crippen MR) is 101 cm³/mol. The van der Waals surface area contributed by atoms with Gasteiger partial charge in [-0.3, -0.25) is 13.9 Å². The van der Waals surface area contributed by atoms with Gasteiger partial charge in [0.05, 0.1) is 0 Å². The summed E-state index contributed by atoms with van der Waals surface area (Å²) in [6.45, 7) is 4.19. The molecule has 0 radical (unpaired) electrons. The number of benzene rings is 1. The van der Waals surface area contributed by atoms with Crippen LogP contribution in [0, 0.1) is 0 Å². The van der Waals surface area contributed by atoms with E-state index in [2.05, 4.69) is 11.6 Å². The Balaban J connectivity index is 2.09. The third-order valence-corrected chi connectivity index (χ3v) is 5.21. The molecule has 0 fully saturated rings. The molecular formula is C17H17ClN4O2S. The normalized spacial score (nSPS) is 11.2. The third-order valence-electron chi connectivity index (χ3n) is 3.91. The van der Waals surface area contributed by atoms with E-state index in [9.17, 15) is 9.59 Å². The van der Waals surface area contributed by atoms with Crippen molar-refractivity contribution < 1.29 is 0 Å². The summed E-state index contributed by atoms with van der Waals surface area (Å²) in [5.74, 6) is 0.673. The van der Waals surface area contributed by atoms with Crippen LogP contribution in [0.5, 0.6) is 0 Å². The van der Waals surface area contributed by atoms with Gasteiger partial charge in [0.2, 0.25) is 0 Å². The van der Waals surface area contributed by atoms with Crippen LogP contribution in [-0.2, 0) is 26.4 Å². The molecular weight excluding hydrogens is 360 g/mol. The minimum atomic E-state index is -0.394. The van der Waals surface area contributed by atoms with E-state index in [0.29, 0.717) is 33.6 Å². The zero-order valence-corrected chi connectivity index (χ0v) is 15.5. The standard InChI is InChI=1S/C17H17ClN4O2S/c1-4-9-22-13-14(20(2)17(24)21(3)15(13)23)19-16(22)25-10-11-5-7-12(18)8-6-11/h4-8H,1,9-10H2,2-3H3. The van der Waals surface area contributed by atoms with Crippen molar-refractivity contribution in [1.29, 1.82) is 0 Å². The first kappa shape index (κ1) is 17.6. The average Bonchev–Trinajstić information content (AvgIpc) is 2.97. The second kappa shape index (κ2) is 6.93. The quantitative estimate of drug-likeness (QED) is 0.507. The number of hydrogen-bond donors (Lipinski definition) is 0. The average molecular weight is 377 g/mol. The molecule has 0 N–H and O–H groups in total. The number of aryl methyl sites for hydroxylation is 1. The van der Waals surface area contributed by atoms with Crippen molar-refractivity contribution in [3.8, 4) is 0 Å². The maximum absolute atomic E-state index is 12.6. The minimum absolute atomic E-state index is 0.356. The lowest BCUT2D eigenvalue weighted by molar-refractivity contribution is 0.700. The Kier molecular flexibility index (Phi) is 4.87. The van der Waals surface area contributed by atoms with Gasteiger partial charge in [-0.2, -0.15) is 0 Å². The van der Waals surface area contributed by atoms with Gasteiger partial charge in [-0.25, -0.2) is 9.78 Å². The molecule has 1 aromatic carbocycles. The topological polar surface area (TPSA) is 61.8 Å². The molecule has 2 aromatic heterocycles. The molecule has 0 atom stereocenters. The Labute approximate surface area is 153 Å². The highest BCUT2D eigenvalue weighted by Gasteiger charge is 2.18. The van der Waals surface area contributed by atoms with Crippen molar-refractivity contribution in [2.24, 2.45) is 14.1 Å². The lowest BCUT2D eigenvalue weighted by Gasteiger charge is -2.07. The van der Waals surface area contributed by atoms with E-state index < -0.39 is 5.69 Å². The molecule has 0 amide bonds. The van der Waals surface area contributed by atoms with E-state index >= 15 is 0 Å². The SMILES string of the molecule is C=CCn1c(SCc2ccc(Cl)cc2)nc2c1c(=O)n(C)c(=O)n2C. The van der Waals surface area contributed by atoms with Crippen LogP contribution in [0.4, 0.5) is 0 Å². The smallest absolute Gasteiger partial charge is 0.309 e. The van der Waals surface area contributed by atoms with Crippen molar-refractivity contribution in [2.75, 3.05) is 0 Å². The lowest BCUT2D eigenvalue weighted by atomic mass is 10.2. The van der Waals surface area contributed by atoms with Crippen LogP contribution in [0.15, 0.2) is 51.7 Å². The maximum Gasteiger partial charge on any atom is 0.332 e. The van der Waals surface area contributed by atoms with Gasteiger partial charge in [0.15, 0.2) is 16.3 Å². The predicted octanol–water partition coefficient (Wildman–Crippen LogP) is 2.57. The number of allylic oxidation sites excluding steroid dienone is 1. The van der Waals surface area contributed by atoms with Gasteiger partial charge in [0.1, 0.15) is 0 Å². The van der Waals surface area contributed by atoms with E-state index in [0.717, 1.165) is 10.1 Å². The van der Waals surface area contributed by atoms with E-state index in [4.69, 9.17) is 11.6 Å². The van der Waals surface area contributed by atoms with Crippen LogP contribution in [0.3, 0.4) is 0 Å². The molecule has 0 unspecified atom stereocenters. The Morgan fingerprint density at radius 1 is 1.20 bits per heavy atom. The van der Waals surface area contributed by atoms with Gasteiger partial charge >= 0.3 is 5.69 Å². The van der Waals surface area contributed by atoms with Crippen molar-refractivity contribution in [1.82, 2.24) is 18.7 Å². The fraction of sp³-hybridized carbons (Fsp3) is 0.235. The summed E-state index contributed by atoms with van der Waals surface area (Å²) >= 11 is 7.41. The second-order valence-corrected chi connectivity index (χ2v) is 6.97. The van der Waals surface area contributed by atoms with Gasteiger partial charge in [0, 0.05) is 31.4 Å². The van der Waals surface area contributed by atoms with Crippen LogP contribution in [-0.4, -0.2) is 18.7 Å². The van der Waals surface area contributed by atoms with Crippen molar-refractivity contribution in [3.05, 3.63) is 68.3 Å². The molecule has 0 saturated carbocycles. The fourth-order valence-electron chi connectivity index (χ4n) is 2.56. The Hall–Kier alpha value is -2.25. The molecule has 0 spiro atoms. The molecule has 0 aliphatic carbocycles. The molecule has 0 aliphatic heterocycles. The van der Waals surface area contributed by atoms with Gasteiger partial charge in [-0.15, -0.1) is 6.58 Å². The van der Waals surface area contributed by atoms with Gasteiger partial charge in [0.25, 0.3) is 5.56 Å². The lowest BCUT2D eigenvalue weighted by Crippen LogP contribution is -2.37. The highest BCUT2D eigenvalue weighted by atomic mass is 35.5. The first-order valence-electron chi connectivity index (χ1n) is 7.58. The number of rotatable bonds is 5. The van der Waals surface area contributed by atoms with E-state index in [-0.39, 0.29) is 5.56 Å². The molecule has 3 aromatic rings. The summed E-state index contributed by atoms with van der Waals surface area (Å²) < 4.78 is 4.28. The van der Waals surface area contributed by atoms with Crippen molar-refractivity contribution >= 4 is 34.5 Å². The van der Waals surface area contributed by atoms with Crippen molar-refractivity contribution in [3.63, 3.8) is 0 Å². The van der Waals surface area contributed by atoms with Crippen molar-refractivity contribution in [2.45, 2.75) is 17.5 Å². The number of thioether (sulfide) groups is 1. The molecule has 8 heteroatoms. The largest absolute Gasteiger partial charge is 0.332 e. The molecule has 0 aliphatic rings. The van der Waals surface area contributed by atoms with E-state index in [1.165, 1.54) is 23.4 Å².